The van der Waals surface area contributed by atoms with Crippen molar-refractivity contribution in [2.45, 2.75) is 18.9 Å². The van der Waals surface area contributed by atoms with E-state index < -0.39 is 0 Å². The first-order valence-corrected chi connectivity index (χ1v) is 7.26. The van der Waals surface area contributed by atoms with Crippen LogP contribution in [0.15, 0.2) is 30.5 Å². The van der Waals surface area contributed by atoms with Crippen LogP contribution in [0.1, 0.15) is 12.8 Å². The summed E-state index contributed by atoms with van der Waals surface area (Å²) in [5.74, 6) is 1.07. The van der Waals surface area contributed by atoms with Crippen LogP contribution < -0.4 is 10.6 Å². The highest BCUT2D eigenvalue weighted by Gasteiger charge is 2.15. The number of anilines is 3. The van der Waals surface area contributed by atoms with Crippen molar-refractivity contribution in [3.8, 4) is 0 Å². The van der Waals surface area contributed by atoms with Crippen molar-refractivity contribution < 1.29 is 4.74 Å². The summed E-state index contributed by atoms with van der Waals surface area (Å²) in [7, 11) is 0. The number of benzene rings is 1. The van der Waals surface area contributed by atoms with E-state index in [1.165, 1.54) is 0 Å². The number of aromatic nitrogens is 3. The van der Waals surface area contributed by atoms with Crippen LogP contribution in [-0.2, 0) is 4.74 Å². The van der Waals surface area contributed by atoms with Crippen LogP contribution in [0, 0.1) is 0 Å². The molecule has 0 radical (unpaired) electrons. The van der Waals surface area contributed by atoms with Gasteiger partial charge in [0.1, 0.15) is 0 Å². The molecule has 110 valence electrons. The Morgan fingerprint density at radius 3 is 3.05 bits per heavy atom. The van der Waals surface area contributed by atoms with Gasteiger partial charge in [-0.2, -0.15) is 10.1 Å². The van der Waals surface area contributed by atoms with Crippen molar-refractivity contribution in [3.63, 3.8) is 0 Å². The average Bonchev–Trinajstić information content (AvgIpc) is 3.01. The highest BCUT2D eigenvalue weighted by atomic mass is 35.5. The van der Waals surface area contributed by atoms with Gasteiger partial charge < -0.3 is 15.4 Å². The van der Waals surface area contributed by atoms with Gasteiger partial charge in [-0.1, -0.05) is 23.7 Å². The second-order valence-corrected chi connectivity index (χ2v) is 5.19. The Hall–Kier alpha value is -1.92. The van der Waals surface area contributed by atoms with Crippen LogP contribution in [0.5, 0.6) is 0 Å². The van der Waals surface area contributed by atoms with Gasteiger partial charge in [0, 0.05) is 13.2 Å². The summed E-state index contributed by atoms with van der Waals surface area (Å²) in [6, 6.07) is 7.42. The number of rotatable bonds is 5. The third-order valence-electron chi connectivity index (χ3n) is 3.21. The van der Waals surface area contributed by atoms with Gasteiger partial charge in [-0.3, -0.25) is 0 Å². The Morgan fingerprint density at radius 2 is 2.24 bits per heavy atom. The summed E-state index contributed by atoms with van der Waals surface area (Å²) in [5, 5.41) is 14.8. The van der Waals surface area contributed by atoms with E-state index >= 15 is 0 Å². The van der Waals surface area contributed by atoms with Crippen molar-refractivity contribution in [1.29, 1.82) is 0 Å². The molecule has 2 aromatic rings. The van der Waals surface area contributed by atoms with Gasteiger partial charge in [0.15, 0.2) is 5.82 Å². The molecule has 0 spiro atoms. The second kappa shape index (κ2) is 6.69. The third kappa shape index (κ3) is 3.80. The predicted molar refractivity (Wildman–Crippen MR) is 82.0 cm³/mol. The molecule has 2 heterocycles. The van der Waals surface area contributed by atoms with Crippen LogP contribution in [0.2, 0.25) is 5.02 Å². The molecule has 0 bridgehead atoms. The maximum Gasteiger partial charge on any atom is 0.249 e. The average molecular weight is 306 g/mol. The fourth-order valence-electron chi connectivity index (χ4n) is 2.15. The van der Waals surface area contributed by atoms with E-state index in [4.69, 9.17) is 16.3 Å². The van der Waals surface area contributed by atoms with Crippen molar-refractivity contribution >= 4 is 29.1 Å². The fraction of sp³-hybridized carbons (Fsp3) is 0.357. The van der Waals surface area contributed by atoms with Gasteiger partial charge in [-0.15, -0.1) is 5.10 Å². The van der Waals surface area contributed by atoms with E-state index in [1.807, 2.05) is 18.2 Å². The minimum atomic E-state index is 0.250. The molecular formula is C14H16ClN5O. The smallest absolute Gasteiger partial charge is 0.249 e. The SMILES string of the molecule is Clc1ccccc1Nc1nncc(NCC2CCCO2)n1. The number of hydrogen-bond acceptors (Lipinski definition) is 6. The maximum atomic E-state index is 6.09. The number of hydrogen-bond donors (Lipinski definition) is 2. The highest BCUT2D eigenvalue weighted by molar-refractivity contribution is 6.33. The van der Waals surface area contributed by atoms with Crippen molar-refractivity contribution in [3.05, 3.63) is 35.5 Å². The van der Waals surface area contributed by atoms with E-state index in [9.17, 15) is 0 Å². The Labute approximate surface area is 127 Å². The third-order valence-corrected chi connectivity index (χ3v) is 3.54. The van der Waals surface area contributed by atoms with Gasteiger partial charge in [0.05, 0.1) is 23.0 Å². The van der Waals surface area contributed by atoms with Crippen LogP contribution in [0.3, 0.4) is 0 Å². The Morgan fingerprint density at radius 1 is 1.33 bits per heavy atom. The minimum Gasteiger partial charge on any atom is -0.376 e. The summed E-state index contributed by atoms with van der Waals surface area (Å²) in [6.07, 6.45) is 4.04. The van der Waals surface area contributed by atoms with Crippen LogP contribution in [0.25, 0.3) is 0 Å². The van der Waals surface area contributed by atoms with Crippen molar-refractivity contribution in [1.82, 2.24) is 15.2 Å². The Bertz CT molecular complexity index is 603. The number of para-hydroxylation sites is 1. The van der Waals surface area contributed by atoms with E-state index in [-0.39, 0.29) is 6.10 Å². The molecule has 1 aliphatic heterocycles. The topological polar surface area (TPSA) is 72.0 Å². The number of nitrogens with one attached hydrogen (secondary N) is 2. The molecule has 1 unspecified atom stereocenters. The molecular weight excluding hydrogens is 290 g/mol. The first kappa shape index (κ1) is 14.0. The van der Waals surface area contributed by atoms with Gasteiger partial charge in [0.25, 0.3) is 0 Å². The molecule has 0 amide bonds. The molecule has 1 aliphatic rings. The molecule has 1 aromatic carbocycles. The zero-order valence-electron chi connectivity index (χ0n) is 11.4. The molecule has 3 rings (SSSR count). The Balaban J connectivity index is 1.64. The number of halogens is 1. The lowest BCUT2D eigenvalue weighted by Crippen LogP contribution is -2.19. The molecule has 1 aromatic heterocycles. The molecule has 6 nitrogen and oxygen atoms in total. The van der Waals surface area contributed by atoms with Crippen LogP contribution in [-0.4, -0.2) is 34.4 Å². The van der Waals surface area contributed by atoms with Gasteiger partial charge in [0.2, 0.25) is 5.95 Å². The lowest BCUT2D eigenvalue weighted by Gasteiger charge is -2.11. The normalized spacial score (nSPS) is 17.7. The van der Waals surface area contributed by atoms with E-state index in [2.05, 4.69) is 25.8 Å². The lowest BCUT2D eigenvalue weighted by atomic mass is 10.2. The van der Waals surface area contributed by atoms with Crippen molar-refractivity contribution in [2.24, 2.45) is 0 Å². The molecule has 7 heteroatoms. The minimum absolute atomic E-state index is 0.250. The highest BCUT2D eigenvalue weighted by Crippen LogP contribution is 2.23. The molecule has 1 atom stereocenters. The predicted octanol–water partition coefficient (Wildman–Crippen LogP) is 2.86. The van der Waals surface area contributed by atoms with Gasteiger partial charge in [-0.25, -0.2) is 0 Å². The van der Waals surface area contributed by atoms with Gasteiger partial charge >= 0.3 is 0 Å². The Kier molecular flexibility index (Phi) is 4.47. The fourth-order valence-corrected chi connectivity index (χ4v) is 2.33. The van der Waals surface area contributed by atoms with E-state index in [0.717, 1.165) is 31.7 Å². The molecule has 0 saturated carbocycles. The summed E-state index contributed by atoms with van der Waals surface area (Å²) in [5.41, 5.74) is 0.747. The number of ether oxygens (including phenoxy) is 1. The summed E-state index contributed by atoms with van der Waals surface area (Å²) in [6.45, 7) is 1.57. The zero-order chi connectivity index (χ0) is 14.5. The largest absolute Gasteiger partial charge is 0.376 e. The molecule has 1 fully saturated rings. The van der Waals surface area contributed by atoms with Crippen molar-refractivity contribution in [2.75, 3.05) is 23.8 Å². The monoisotopic (exact) mass is 305 g/mol. The first-order valence-electron chi connectivity index (χ1n) is 6.88. The maximum absolute atomic E-state index is 6.09. The zero-order valence-corrected chi connectivity index (χ0v) is 12.2. The second-order valence-electron chi connectivity index (χ2n) is 4.79. The number of nitrogens with zero attached hydrogens (tertiary/aromatic N) is 3. The quantitative estimate of drug-likeness (QED) is 0.885. The lowest BCUT2D eigenvalue weighted by molar-refractivity contribution is 0.120. The molecule has 1 saturated heterocycles. The summed E-state index contributed by atoms with van der Waals surface area (Å²) in [4.78, 5) is 4.36. The summed E-state index contributed by atoms with van der Waals surface area (Å²) >= 11 is 6.09. The summed E-state index contributed by atoms with van der Waals surface area (Å²) < 4.78 is 5.56. The van der Waals surface area contributed by atoms with Gasteiger partial charge in [-0.05, 0) is 25.0 Å². The van der Waals surface area contributed by atoms with E-state index in [1.54, 1.807) is 12.3 Å². The molecule has 21 heavy (non-hydrogen) atoms. The molecule has 0 aliphatic carbocycles. The standard InChI is InChI=1S/C14H16ClN5O/c15-11-5-1-2-6-12(11)18-14-19-13(9-17-20-14)16-8-10-4-3-7-21-10/h1-2,5-6,9-10H,3-4,7-8H2,(H2,16,18,19,20). The van der Waals surface area contributed by atoms with Crippen LogP contribution in [0.4, 0.5) is 17.5 Å². The molecule has 2 N–H and O–H groups in total. The van der Waals surface area contributed by atoms with E-state index in [0.29, 0.717) is 16.8 Å². The van der Waals surface area contributed by atoms with Crippen LogP contribution >= 0.6 is 11.6 Å². The first-order chi connectivity index (χ1) is 10.3.